The predicted octanol–water partition coefficient (Wildman–Crippen LogP) is 2.77. The van der Waals surface area contributed by atoms with Crippen molar-refractivity contribution in [2.24, 2.45) is 18.9 Å². The molecule has 1 saturated carbocycles. The highest BCUT2D eigenvalue weighted by atomic mass is 16.5. The van der Waals surface area contributed by atoms with Crippen molar-refractivity contribution in [1.29, 1.82) is 0 Å². The maximum atomic E-state index is 14.1. The van der Waals surface area contributed by atoms with E-state index in [1.807, 2.05) is 12.1 Å². The average Bonchev–Trinajstić information content (AvgIpc) is 3.84. The number of nitrogens with one attached hydrogen (secondary N) is 4. The molecular weight excluding hydrogens is 676 g/mol. The molecule has 0 saturated heterocycles. The van der Waals surface area contributed by atoms with Gasteiger partial charge in [0, 0.05) is 32.6 Å². The van der Waals surface area contributed by atoms with Crippen LogP contribution in [-0.2, 0) is 39.1 Å². The van der Waals surface area contributed by atoms with Crippen LogP contribution in [0.5, 0.6) is 11.5 Å². The van der Waals surface area contributed by atoms with Crippen LogP contribution >= 0.6 is 0 Å². The Hall–Kier alpha value is -5.33. The lowest BCUT2D eigenvalue weighted by Crippen LogP contribution is -2.58. The molecule has 3 heterocycles. The lowest BCUT2D eigenvalue weighted by Gasteiger charge is -2.29. The zero-order valence-corrected chi connectivity index (χ0v) is 31.2. The van der Waals surface area contributed by atoms with E-state index < -0.39 is 41.8 Å². The van der Waals surface area contributed by atoms with E-state index in [0.29, 0.717) is 36.1 Å². The number of nitrogens with zero attached hydrogens (tertiary/aromatic N) is 2. The van der Waals surface area contributed by atoms with E-state index in [1.54, 1.807) is 80.4 Å². The van der Waals surface area contributed by atoms with E-state index in [0.717, 1.165) is 24.0 Å². The number of fused-ring (bicyclic) bond motifs is 17. The standard InChI is InChI=1S/C40H52N6O7/c1-25(2)19-30-24-53-32-16-12-28(13-17-32)21-34(44-39(50)35-7-6-18-45(35)4)38(49)43-33(20-27-10-14-31(52-5)15-11-27)37(48)41-26(3)40(51)46(22-29-8-9-29)23-36(47)42-30/h6-7,10-18,25-26,29-30,33-34H,8-9,19-24H2,1-5H3,(H,41,48)(H,42,47)(H,43,49)(H,44,50)/t26-,30+,33+,34+/m1/s1. The van der Waals surface area contributed by atoms with Crippen LogP contribution in [0.2, 0.25) is 0 Å². The highest BCUT2D eigenvalue weighted by molar-refractivity contribution is 5.98. The summed E-state index contributed by atoms with van der Waals surface area (Å²) in [5.41, 5.74) is 1.85. The van der Waals surface area contributed by atoms with Gasteiger partial charge < -0.3 is 40.2 Å². The first kappa shape index (κ1) is 38.9. The molecule has 53 heavy (non-hydrogen) atoms. The number of aryl methyl sites for hydroxylation is 1. The monoisotopic (exact) mass is 728 g/mol. The lowest BCUT2D eigenvalue weighted by atomic mass is 10.0. The summed E-state index contributed by atoms with van der Waals surface area (Å²) < 4.78 is 13.1. The predicted molar refractivity (Wildman–Crippen MR) is 199 cm³/mol. The second-order valence-corrected chi connectivity index (χ2v) is 14.6. The van der Waals surface area contributed by atoms with Crippen molar-refractivity contribution >= 4 is 29.5 Å². The molecule has 284 valence electrons. The van der Waals surface area contributed by atoms with Gasteiger partial charge in [-0.25, -0.2) is 0 Å². The van der Waals surface area contributed by atoms with E-state index in [-0.39, 0.29) is 43.9 Å². The molecule has 1 aromatic heterocycles. The van der Waals surface area contributed by atoms with Gasteiger partial charge in [0.1, 0.15) is 41.9 Å². The van der Waals surface area contributed by atoms with Crippen molar-refractivity contribution in [2.75, 3.05) is 26.8 Å². The second-order valence-electron chi connectivity index (χ2n) is 14.6. The Kier molecular flexibility index (Phi) is 13.2. The largest absolute Gasteiger partial charge is 0.497 e. The summed E-state index contributed by atoms with van der Waals surface area (Å²) in [4.78, 5) is 70.4. The molecule has 4 atom stereocenters. The molecule has 3 aromatic rings. The van der Waals surface area contributed by atoms with Crippen molar-refractivity contribution in [3.8, 4) is 11.5 Å². The molecule has 13 nitrogen and oxygen atoms in total. The van der Waals surface area contributed by atoms with E-state index in [9.17, 15) is 24.0 Å². The van der Waals surface area contributed by atoms with Crippen LogP contribution < -0.4 is 30.7 Å². The zero-order chi connectivity index (χ0) is 38.1. The molecule has 1 aliphatic carbocycles. The number of aromatic nitrogens is 1. The first-order chi connectivity index (χ1) is 25.4. The zero-order valence-electron chi connectivity index (χ0n) is 31.2. The third-order valence-corrected chi connectivity index (χ3v) is 9.52. The Morgan fingerprint density at radius 3 is 2.30 bits per heavy atom. The number of carbonyl (C=O) groups excluding carboxylic acids is 5. The van der Waals surface area contributed by atoms with Crippen LogP contribution in [-0.4, -0.2) is 90.0 Å². The fraction of sp³-hybridized carbons (Fsp3) is 0.475. The van der Waals surface area contributed by atoms with E-state index in [4.69, 9.17) is 9.47 Å². The molecule has 2 aliphatic heterocycles. The number of carbonyl (C=O) groups is 5. The number of hydrogen-bond donors (Lipinski definition) is 4. The lowest BCUT2D eigenvalue weighted by molar-refractivity contribution is -0.140. The highest BCUT2D eigenvalue weighted by Gasteiger charge is 2.34. The van der Waals surface area contributed by atoms with Gasteiger partial charge in [0.25, 0.3) is 5.91 Å². The van der Waals surface area contributed by atoms with E-state index in [1.165, 1.54) is 4.90 Å². The Morgan fingerprint density at radius 2 is 1.68 bits per heavy atom. The Morgan fingerprint density at radius 1 is 0.962 bits per heavy atom. The van der Waals surface area contributed by atoms with Crippen LogP contribution in [0.1, 0.15) is 61.6 Å². The molecule has 0 unspecified atom stereocenters. The first-order valence-electron chi connectivity index (χ1n) is 18.3. The highest BCUT2D eigenvalue weighted by Crippen LogP contribution is 2.30. The topological polar surface area (TPSA) is 160 Å². The molecule has 4 N–H and O–H groups in total. The summed E-state index contributed by atoms with van der Waals surface area (Å²) >= 11 is 0. The minimum absolute atomic E-state index is 0.0957. The van der Waals surface area contributed by atoms with E-state index >= 15 is 0 Å². The number of rotatable bonds is 9. The summed E-state index contributed by atoms with van der Waals surface area (Å²) in [6.45, 7) is 6.18. The second kappa shape index (κ2) is 17.9. The maximum absolute atomic E-state index is 14.1. The quantitative estimate of drug-likeness (QED) is 0.247. The minimum Gasteiger partial charge on any atom is -0.497 e. The average molecular weight is 729 g/mol. The summed E-state index contributed by atoms with van der Waals surface area (Å²) in [6, 6.07) is 14.3. The molecule has 0 spiro atoms. The van der Waals surface area contributed by atoms with Gasteiger partial charge >= 0.3 is 0 Å². The van der Waals surface area contributed by atoms with Gasteiger partial charge in [0.05, 0.1) is 19.7 Å². The van der Waals surface area contributed by atoms with Crippen LogP contribution in [0.3, 0.4) is 0 Å². The van der Waals surface area contributed by atoms with Crippen LogP contribution in [0, 0.1) is 11.8 Å². The molecule has 13 heteroatoms. The summed E-state index contributed by atoms with van der Waals surface area (Å²) in [5.74, 6) is -0.513. The maximum Gasteiger partial charge on any atom is 0.268 e. The van der Waals surface area contributed by atoms with Crippen molar-refractivity contribution in [1.82, 2.24) is 30.7 Å². The Bertz CT molecular complexity index is 1730. The number of methoxy groups -OCH3 is 1. The van der Waals surface area contributed by atoms with Crippen LogP contribution in [0.25, 0.3) is 0 Å². The number of benzene rings is 2. The molecule has 2 aromatic carbocycles. The van der Waals surface area contributed by atoms with Crippen LogP contribution in [0.4, 0.5) is 0 Å². The summed E-state index contributed by atoms with van der Waals surface area (Å²) in [5, 5.41) is 11.6. The van der Waals surface area contributed by atoms with Gasteiger partial charge in [-0.3, -0.25) is 24.0 Å². The minimum atomic E-state index is -1.11. The van der Waals surface area contributed by atoms with E-state index in [2.05, 4.69) is 35.1 Å². The molecule has 6 rings (SSSR count). The van der Waals surface area contributed by atoms with Crippen molar-refractivity contribution < 1.29 is 33.4 Å². The van der Waals surface area contributed by atoms with Gasteiger partial charge in [-0.2, -0.15) is 0 Å². The van der Waals surface area contributed by atoms with Gasteiger partial charge in [-0.05, 0) is 85.5 Å². The van der Waals surface area contributed by atoms with Gasteiger partial charge in [-0.15, -0.1) is 0 Å². The van der Waals surface area contributed by atoms with Gasteiger partial charge in [0.15, 0.2) is 0 Å². The normalized spacial score (nSPS) is 22.0. The summed E-state index contributed by atoms with van der Waals surface area (Å²) in [7, 11) is 3.29. The van der Waals surface area contributed by atoms with Gasteiger partial charge in [0.2, 0.25) is 23.6 Å². The first-order valence-corrected chi connectivity index (χ1v) is 18.3. The third-order valence-electron chi connectivity index (χ3n) is 9.52. The van der Waals surface area contributed by atoms with Gasteiger partial charge in [-0.1, -0.05) is 38.1 Å². The summed E-state index contributed by atoms with van der Waals surface area (Å²) in [6.07, 6.45) is 4.55. The SMILES string of the molecule is COc1ccc(C[C@@H]2NC(=O)[C@@H](NC(=O)c3cccn3C)Cc3ccc(cc3)OC[C@H](CC(C)C)NC(=O)CN(CC3CC3)C(=O)[C@@H](C)NC2=O)cc1. The molecule has 0 radical (unpaired) electrons. The number of ether oxygens (including phenoxy) is 2. The smallest absolute Gasteiger partial charge is 0.268 e. The van der Waals surface area contributed by atoms with Crippen LogP contribution in [0.15, 0.2) is 66.9 Å². The Balaban J connectivity index is 1.47. The fourth-order valence-electron chi connectivity index (χ4n) is 6.45. The third kappa shape index (κ3) is 11.3. The Labute approximate surface area is 311 Å². The number of amides is 5. The van der Waals surface area contributed by atoms with Crippen molar-refractivity contribution in [3.63, 3.8) is 0 Å². The molecule has 1 fully saturated rings. The van der Waals surface area contributed by atoms with Crippen molar-refractivity contribution in [3.05, 3.63) is 83.7 Å². The molecule has 2 bridgehead atoms. The molecular formula is C40H52N6O7. The van der Waals surface area contributed by atoms with Crippen molar-refractivity contribution in [2.45, 2.75) is 77.0 Å². The molecule has 3 aliphatic rings. The molecule has 5 amide bonds. The fourth-order valence-corrected chi connectivity index (χ4v) is 6.45. The number of hydrogen-bond acceptors (Lipinski definition) is 7.